The van der Waals surface area contributed by atoms with Crippen LogP contribution in [-0.4, -0.2) is 31.1 Å². The fourth-order valence-electron chi connectivity index (χ4n) is 1.71. The Morgan fingerprint density at radius 3 is 2.52 bits per heavy atom. The molecular formula is C16H27IN4O2. The summed E-state index contributed by atoms with van der Waals surface area (Å²) < 4.78 is 5.56. The number of carbonyl (C=O) groups excluding carboxylic acids is 1. The Bertz CT molecular complexity index is 489. The topological polar surface area (TPSA) is 88.7 Å². The third-order valence-corrected chi connectivity index (χ3v) is 2.69. The van der Waals surface area contributed by atoms with Crippen LogP contribution in [0.5, 0.6) is 5.75 Å². The molecule has 0 bridgehead atoms. The molecule has 130 valence electrons. The molecule has 0 aliphatic heterocycles. The van der Waals surface area contributed by atoms with Gasteiger partial charge in [0, 0.05) is 18.7 Å². The van der Waals surface area contributed by atoms with Gasteiger partial charge in [0.05, 0.1) is 12.6 Å². The van der Waals surface area contributed by atoms with E-state index in [2.05, 4.69) is 15.6 Å². The van der Waals surface area contributed by atoms with Gasteiger partial charge in [-0.2, -0.15) is 0 Å². The fraction of sp³-hybridized carbons (Fsp3) is 0.500. The van der Waals surface area contributed by atoms with Crippen molar-refractivity contribution in [1.29, 1.82) is 0 Å². The van der Waals surface area contributed by atoms with Crippen LogP contribution in [0.25, 0.3) is 0 Å². The van der Waals surface area contributed by atoms with Gasteiger partial charge in [0.15, 0.2) is 5.96 Å². The number of guanidine groups is 1. The molecule has 7 heteroatoms. The Labute approximate surface area is 155 Å². The summed E-state index contributed by atoms with van der Waals surface area (Å²) in [4.78, 5) is 15.5. The number of halogens is 1. The van der Waals surface area contributed by atoms with Crippen molar-refractivity contribution < 1.29 is 9.53 Å². The summed E-state index contributed by atoms with van der Waals surface area (Å²) in [5.74, 6) is 1.10. The van der Waals surface area contributed by atoms with E-state index in [1.54, 1.807) is 0 Å². The van der Waals surface area contributed by atoms with Crippen LogP contribution in [0.3, 0.4) is 0 Å². The lowest BCUT2D eigenvalue weighted by molar-refractivity contribution is -0.120. The minimum atomic E-state index is -0.00594. The molecule has 0 unspecified atom stereocenters. The number of rotatable bonds is 8. The second-order valence-corrected chi connectivity index (χ2v) is 5.18. The molecule has 4 N–H and O–H groups in total. The molecule has 23 heavy (non-hydrogen) atoms. The van der Waals surface area contributed by atoms with Crippen LogP contribution in [0.4, 0.5) is 5.69 Å². The summed E-state index contributed by atoms with van der Waals surface area (Å²) in [5.41, 5.74) is 6.61. The molecule has 6 nitrogen and oxygen atoms in total. The Kier molecular flexibility index (Phi) is 11.2. The predicted molar refractivity (Wildman–Crippen MR) is 106 cm³/mol. The van der Waals surface area contributed by atoms with E-state index in [1.165, 1.54) is 0 Å². The van der Waals surface area contributed by atoms with Gasteiger partial charge in [-0.3, -0.25) is 9.79 Å². The zero-order valence-electron chi connectivity index (χ0n) is 14.0. The van der Waals surface area contributed by atoms with Gasteiger partial charge in [-0.05, 0) is 44.5 Å². The van der Waals surface area contributed by atoms with Gasteiger partial charge in [0.1, 0.15) is 5.75 Å². The molecule has 0 aromatic heterocycles. The van der Waals surface area contributed by atoms with E-state index in [-0.39, 0.29) is 36.0 Å². The average molecular weight is 434 g/mol. The molecule has 1 amide bonds. The molecule has 1 rings (SSSR count). The van der Waals surface area contributed by atoms with Crippen molar-refractivity contribution in [2.24, 2.45) is 10.7 Å². The van der Waals surface area contributed by atoms with Gasteiger partial charge in [0.25, 0.3) is 0 Å². The van der Waals surface area contributed by atoms with E-state index in [0.29, 0.717) is 25.5 Å². The monoisotopic (exact) mass is 434 g/mol. The largest absolute Gasteiger partial charge is 0.491 e. The minimum Gasteiger partial charge on any atom is -0.491 e. The van der Waals surface area contributed by atoms with Crippen LogP contribution in [0.2, 0.25) is 0 Å². The van der Waals surface area contributed by atoms with Crippen LogP contribution in [0, 0.1) is 0 Å². The number of nitrogens with two attached hydrogens (primary N) is 1. The third kappa shape index (κ3) is 9.98. The van der Waals surface area contributed by atoms with Crippen LogP contribution in [0.15, 0.2) is 29.3 Å². The first-order valence-corrected chi connectivity index (χ1v) is 7.61. The molecule has 0 radical (unpaired) electrons. The number of hydrogen-bond acceptors (Lipinski definition) is 3. The quantitative estimate of drug-likeness (QED) is 0.334. The maximum absolute atomic E-state index is 11.4. The summed E-state index contributed by atoms with van der Waals surface area (Å²) in [7, 11) is 0. The zero-order chi connectivity index (χ0) is 16.4. The number of amides is 1. The maximum Gasteiger partial charge on any atom is 0.221 e. The lowest BCUT2D eigenvalue weighted by Gasteiger charge is -2.11. The average Bonchev–Trinajstić information content (AvgIpc) is 2.46. The van der Waals surface area contributed by atoms with E-state index in [4.69, 9.17) is 10.5 Å². The van der Waals surface area contributed by atoms with Crippen LogP contribution >= 0.6 is 24.0 Å². The molecule has 1 aromatic rings. The van der Waals surface area contributed by atoms with E-state index in [9.17, 15) is 4.79 Å². The van der Waals surface area contributed by atoms with Gasteiger partial charge >= 0.3 is 0 Å². The van der Waals surface area contributed by atoms with Crippen molar-refractivity contribution >= 4 is 41.5 Å². The standard InChI is InChI=1S/C16H26N4O2.HI/c1-4-10-18-15(21)9-11-19-16(17)20-13-5-7-14(8-6-13)22-12(2)3;/h5-8,12H,4,9-11H2,1-3H3,(H,18,21)(H3,17,19,20);1H. The SMILES string of the molecule is CCCNC(=O)CCN=C(N)Nc1ccc(OC(C)C)cc1.I. The summed E-state index contributed by atoms with van der Waals surface area (Å²) >= 11 is 0. The Balaban J connectivity index is 0.00000484. The molecular weight excluding hydrogens is 407 g/mol. The summed E-state index contributed by atoms with van der Waals surface area (Å²) in [6, 6.07) is 7.48. The normalized spacial score (nSPS) is 10.9. The van der Waals surface area contributed by atoms with Crippen LogP contribution in [-0.2, 0) is 4.79 Å². The number of nitrogens with zero attached hydrogens (tertiary/aromatic N) is 1. The van der Waals surface area contributed by atoms with Gasteiger partial charge < -0.3 is 21.1 Å². The van der Waals surface area contributed by atoms with Gasteiger partial charge in [-0.25, -0.2) is 0 Å². The second kappa shape index (κ2) is 12.0. The van der Waals surface area contributed by atoms with Crippen molar-refractivity contribution in [2.75, 3.05) is 18.4 Å². The first kappa shape index (κ1) is 21.5. The van der Waals surface area contributed by atoms with Gasteiger partial charge in [0.2, 0.25) is 5.91 Å². The Hall–Kier alpha value is -1.51. The van der Waals surface area contributed by atoms with E-state index in [0.717, 1.165) is 17.9 Å². The highest BCUT2D eigenvalue weighted by molar-refractivity contribution is 14.0. The van der Waals surface area contributed by atoms with E-state index < -0.39 is 0 Å². The summed E-state index contributed by atoms with van der Waals surface area (Å²) in [5, 5.41) is 5.77. The molecule has 0 atom stereocenters. The number of nitrogens with one attached hydrogen (secondary N) is 2. The van der Waals surface area contributed by atoms with Crippen molar-refractivity contribution in [2.45, 2.75) is 39.7 Å². The zero-order valence-corrected chi connectivity index (χ0v) is 16.3. The van der Waals surface area contributed by atoms with Crippen LogP contribution < -0.4 is 21.1 Å². The van der Waals surface area contributed by atoms with Crippen LogP contribution in [0.1, 0.15) is 33.6 Å². The number of carbonyl (C=O) groups is 1. The van der Waals surface area contributed by atoms with E-state index >= 15 is 0 Å². The number of anilines is 1. The second-order valence-electron chi connectivity index (χ2n) is 5.18. The van der Waals surface area contributed by atoms with Crippen molar-refractivity contribution in [3.63, 3.8) is 0 Å². The Morgan fingerprint density at radius 2 is 1.96 bits per heavy atom. The highest BCUT2D eigenvalue weighted by atomic mass is 127. The molecule has 1 aromatic carbocycles. The number of aliphatic imine (C=N–C) groups is 1. The first-order chi connectivity index (χ1) is 10.5. The number of ether oxygens (including phenoxy) is 1. The predicted octanol–water partition coefficient (Wildman–Crippen LogP) is 2.73. The maximum atomic E-state index is 11.4. The Morgan fingerprint density at radius 1 is 1.30 bits per heavy atom. The first-order valence-electron chi connectivity index (χ1n) is 7.61. The summed E-state index contributed by atoms with van der Waals surface area (Å²) in [6.07, 6.45) is 1.41. The van der Waals surface area contributed by atoms with E-state index in [1.807, 2.05) is 45.0 Å². The molecule has 0 aliphatic rings. The lowest BCUT2D eigenvalue weighted by atomic mass is 10.3. The molecule has 0 fully saturated rings. The highest BCUT2D eigenvalue weighted by Crippen LogP contribution is 2.16. The minimum absolute atomic E-state index is 0. The third-order valence-electron chi connectivity index (χ3n) is 2.69. The van der Waals surface area contributed by atoms with Crippen molar-refractivity contribution in [1.82, 2.24) is 5.32 Å². The number of benzene rings is 1. The molecule has 0 saturated heterocycles. The number of hydrogen-bond donors (Lipinski definition) is 3. The van der Waals surface area contributed by atoms with Gasteiger partial charge in [-0.1, -0.05) is 6.92 Å². The van der Waals surface area contributed by atoms with Crippen molar-refractivity contribution in [3.8, 4) is 5.75 Å². The molecule has 0 heterocycles. The summed E-state index contributed by atoms with van der Waals surface area (Å²) in [6.45, 7) is 7.03. The highest BCUT2D eigenvalue weighted by Gasteiger charge is 2.01. The smallest absolute Gasteiger partial charge is 0.221 e. The van der Waals surface area contributed by atoms with Gasteiger partial charge in [-0.15, -0.1) is 24.0 Å². The molecule has 0 aliphatic carbocycles. The molecule has 0 spiro atoms. The van der Waals surface area contributed by atoms with Crippen molar-refractivity contribution in [3.05, 3.63) is 24.3 Å². The fourth-order valence-corrected chi connectivity index (χ4v) is 1.71. The molecule has 0 saturated carbocycles. The lowest BCUT2D eigenvalue weighted by Crippen LogP contribution is -2.26.